The van der Waals surface area contributed by atoms with Crippen molar-refractivity contribution in [3.8, 4) is 0 Å². The third-order valence-electron chi connectivity index (χ3n) is 3.41. The van der Waals surface area contributed by atoms with Crippen LogP contribution in [0, 0.1) is 16.5 Å². The Morgan fingerprint density at radius 3 is 2.67 bits per heavy atom. The molecule has 0 unspecified atom stereocenters. The normalized spacial score (nSPS) is 11.6. The molecular formula is C13H16BrFN2S. The van der Waals surface area contributed by atoms with Crippen molar-refractivity contribution < 1.29 is 4.39 Å². The number of halogens is 2. The number of nitrogens with zero attached hydrogens (tertiary/aromatic N) is 1. The number of rotatable bonds is 4. The fraction of sp³-hybridized carbons (Fsp3) is 0.462. The van der Waals surface area contributed by atoms with Crippen LogP contribution in [0.25, 0.3) is 11.0 Å². The predicted molar refractivity (Wildman–Crippen MR) is 78.9 cm³/mol. The summed E-state index contributed by atoms with van der Waals surface area (Å²) >= 11 is 8.51. The summed E-state index contributed by atoms with van der Waals surface area (Å²) in [6, 6.07) is 3.28. The average molecular weight is 331 g/mol. The van der Waals surface area contributed by atoms with Gasteiger partial charge in [-0.2, -0.15) is 0 Å². The van der Waals surface area contributed by atoms with Gasteiger partial charge < -0.3 is 9.55 Å². The molecule has 0 bridgehead atoms. The number of aromatic amines is 1. The van der Waals surface area contributed by atoms with E-state index in [0.29, 0.717) is 15.2 Å². The lowest BCUT2D eigenvalue weighted by atomic mass is 10.0. The molecule has 0 aliphatic carbocycles. The number of imidazole rings is 1. The number of aromatic nitrogens is 2. The number of hydrogen-bond donors (Lipinski definition) is 1. The number of hydrogen-bond acceptors (Lipinski definition) is 1. The van der Waals surface area contributed by atoms with Gasteiger partial charge in [0.25, 0.3) is 0 Å². The number of H-pyrrole nitrogens is 1. The first-order chi connectivity index (χ1) is 8.56. The van der Waals surface area contributed by atoms with Crippen LogP contribution in [0.2, 0.25) is 0 Å². The zero-order chi connectivity index (χ0) is 13.3. The van der Waals surface area contributed by atoms with Gasteiger partial charge in [-0.25, -0.2) is 4.39 Å². The minimum Gasteiger partial charge on any atom is -0.331 e. The van der Waals surface area contributed by atoms with Crippen LogP contribution < -0.4 is 0 Å². The van der Waals surface area contributed by atoms with Crippen LogP contribution in [-0.2, 0) is 6.54 Å². The molecule has 0 amide bonds. The Morgan fingerprint density at radius 1 is 1.39 bits per heavy atom. The minimum absolute atomic E-state index is 0.255. The molecular weight excluding hydrogens is 315 g/mol. The van der Waals surface area contributed by atoms with Gasteiger partial charge in [-0.3, -0.25) is 0 Å². The van der Waals surface area contributed by atoms with E-state index in [1.165, 1.54) is 6.07 Å². The van der Waals surface area contributed by atoms with Gasteiger partial charge in [0.1, 0.15) is 5.82 Å². The molecule has 98 valence electrons. The third kappa shape index (κ3) is 2.52. The first-order valence-electron chi connectivity index (χ1n) is 6.14. The van der Waals surface area contributed by atoms with E-state index in [1.807, 2.05) is 4.57 Å². The van der Waals surface area contributed by atoms with E-state index in [9.17, 15) is 4.39 Å². The Labute approximate surface area is 119 Å². The molecule has 0 atom stereocenters. The zero-order valence-corrected chi connectivity index (χ0v) is 12.9. The topological polar surface area (TPSA) is 20.7 Å². The highest BCUT2D eigenvalue weighted by atomic mass is 79.9. The number of benzene rings is 1. The summed E-state index contributed by atoms with van der Waals surface area (Å²) in [5.74, 6) is 0.317. The predicted octanol–water partition coefficient (Wildman–Crippen LogP) is 5.04. The number of fused-ring (bicyclic) bond motifs is 1. The maximum atomic E-state index is 13.6. The highest BCUT2D eigenvalue weighted by Crippen LogP contribution is 2.24. The molecule has 2 rings (SSSR count). The van der Waals surface area contributed by atoms with Gasteiger partial charge in [-0.1, -0.05) is 26.7 Å². The first-order valence-corrected chi connectivity index (χ1v) is 7.34. The molecule has 0 radical (unpaired) electrons. The molecule has 0 aliphatic heterocycles. The molecule has 2 nitrogen and oxygen atoms in total. The fourth-order valence-electron chi connectivity index (χ4n) is 2.14. The molecule has 1 aromatic carbocycles. The standard InChI is InChI=1S/C13H16BrFN2S/c1-3-8(4-2)7-17-12-6-10(15)9(14)5-11(12)16-13(17)18/h5-6,8H,3-4,7H2,1-2H3,(H,16,18). The van der Waals surface area contributed by atoms with Gasteiger partial charge in [0.15, 0.2) is 4.77 Å². The van der Waals surface area contributed by atoms with Gasteiger partial charge in [0.05, 0.1) is 15.5 Å². The van der Waals surface area contributed by atoms with Crippen LogP contribution in [0.15, 0.2) is 16.6 Å². The van der Waals surface area contributed by atoms with E-state index in [0.717, 1.165) is 30.4 Å². The molecule has 1 N–H and O–H groups in total. The monoisotopic (exact) mass is 330 g/mol. The lowest BCUT2D eigenvalue weighted by Crippen LogP contribution is -2.09. The molecule has 0 fully saturated rings. The summed E-state index contributed by atoms with van der Waals surface area (Å²) in [5.41, 5.74) is 1.71. The van der Waals surface area contributed by atoms with Crippen molar-refractivity contribution in [2.75, 3.05) is 0 Å². The van der Waals surface area contributed by atoms with Gasteiger partial charge in [-0.05, 0) is 40.1 Å². The third-order valence-corrected chi connectivity index (χ3v) is 4.34. The Morgan fingerprint density at radius 2 is 2.06 bits per heavy atom. The Balaban J connectivity index is 2.53. The summed E-state index contributed by atoms with van der Waals surface area (Å²) in [6.07, 6.45) is 2.20. The van der Waals surface area contributed by atoms with E-state index in [1.54, 1.807) is 6.07 Å². The van der Waals surface area contributed by atoms with Gasteiger partial charge >= 0.3 is 0 Å². The second-order valence-corrected chi connectivity index (χ2v) is 5.75. The molecule has 0 saturated heterocycles. The Hall–Kier alpha value is -0.680. The van der Waals surface area contributed by atoms with Crippen LogP contribution in [0.3, 0.4) is 0 Å². The quantitative estimate of drug-likeness (QED) is 0.779. The highest BCUT2D eigenvalue weighted by molar-refractivity contribution is 9.10. The molecule has 18 heavy (non-hydrogen) atoms. The average Bonchev–Trinajstić information content (AvgIpc) is 2.63. The second kappa shape index (κ2) is 5.53. The van der Waals surface area contributed by atoms with Crippen molar-refractivity contribution >= 4 is 39.2 Å². The van der Waals surface area contributed by atoms with E-state index < -0.39 is 0 Å². The van der Waals surface area contributed by atoms with Crippen LogP contribution in [0.4, 0.5) is 4.39 Å². The second-order valence-electron chi connectivity index (χ2n) is 4.51. The van der Waals surface area contributed by atoms with E-state index in [4.69, 9.17) is 12.2 Å². The highest BCUT2D eigenvalue weighted by Gasteiger charge is 2.12. The minimum atomic E-state index is -0.255. The largest absolute Gasteiger partial charge is 0.331 e. The van der Waals surface area contributed by atoms with Crippen LogP contribution >= 0.6 is 28.1 Å². The van der Waals surface area contributed by atoms with Crippen molar-refractivity contribution in [2.45, 2.75) is 33.2 Å². The van der Waals surface area contributed by atoms with Crippen molar-refractivity contribution in [1.29, 1.82) is 0 Å². The van der Waals surface area contributed by atoms with Crippen molar-refractivity contribution in [1.82, 2.24) is 9.55 Å². The van der Waals surface area contributed by atoms with Gasteiger partial charge in [0, 0.05) is 12.6 Å². The molecule has 0 spiro atoms. The van der Waals surface area contributed by atoms with Crippen molar-refractivity contribution in [3.05, 3.63) is 27.2 Å². The SMILES string of the molecule is CCC(CC)Cn1c(=S)[nH]c2cc(Br)c(F)cc21. The van der Waals surface area contributed by atoms with E-state index >= 15 is 0 Å². The summed E-state index contributed by atoms with van der Waals surface area (Å²) in [5, 5.41) is 0. The first kappa shape index (κ1) is 13.7. The number of nitrogens with one attached hydrogen (secondary N) is 1. The zero-order valence-electron chi connectivity index (χ0n) is 10.5. The van der Waals surface area contributed by atoms with Gasteiger partial charge in [0.2, 0.25) is 0 Å². The Bertz CT molecular complexity index is 613. The van der Waals surface area contributed by atoms with E-state index in [-0.39, 0.29) is 5.82 Å². The lowest BCUT2D eigenvalue weighted by Gasteiger charge is -2.13. The maximum absolute atomic E-state index is 13.6. The fourth-order valence-corrected chi connectivity index (χ4v) is 2.76. The van der Waals surface area contributed by atoms with Crippen LogP contribution in [-0.4, -0.2) is 9.55 Å². The molecule has 2 aromatic rings. The Kier molecular flexibility index (Phi) is 4.22. The van der Waals surface area contributed by atoms with E-state index in [2.05, 4.69) is 34.8 Å². The van der Waals surface area contributed by atoms with Crippen LogP contribution in [0.1, 0.15) is 26.7 Å². The van der Waals surface area contributed by atoms with Gasteiger partial charge in [-0.15, -0.1) is 0 Å². The smallest absolute Gasteiger partial charge is 0.178 e. The molecule has 1 heterocycles. The van der Waals surface area contributed by atoms with Crippen molar-refractivity contribution in [2.24, 2.45) is 5.92 Å². The lowest BCUT2D eigenvalue weighted by molar-refractivity contribution is 0.422. The maximum Gasteiger partial charge on any atom is 0.178 e. The molecule has 5 heteroatoms. The molecule has 1 aromatic heterocycles. The molecule has 0 saturated carbocycles. The summed E-state index contributed by atoms with van der Waals surface area (Å²) in [7, 11) is 0. The summed E-state index contributed by atoms with van der Waals surface area (Å²) in [6.45, 7) is 5.18. The molecule has 0 aliphatic rings. The summed E-state index contributed by atoms with van der Waals surface area (Å²) in [4.78, 5) is 3.13. The summed E-state index contributed by atoms with van der Waals surface area (Å²) < 4.78 is 16.7. The van der Waals surface area contributed by atoms with Crippen LogP contribution in [0.5, 0.6) is 0 Å². The van der Waals surface area contributed by atoms with Crippen molar-refractivity contribution in [3.63, 3.8) is 0 Å².